The van der Waals surface area contributed by atoms with Gasteiger partial charge >= 0.3 is 0 Å². The Morgan fingerprint density at radius 1 is 0.565 bits per heavy atom. The zero-order chi connectivity index (χ0) is 15.2. The largest absolute Gasteiger partial charge is 0.249 e. The molecule has 8 aliphatic carbocycles. The average molecular weight is 314 g/mol. The summed E-state index contributed by atoms with van der Waals surface area (Å²) in [5, 5.41) is 6.12. The summed E-state index contributed by atoms with van der Waals surface area (Å²) in [5.41, 5.74) is 0.338. The van der Waals surface area contributed by atoms with Crippen LogP contribution >= 0.6 is 0 Å². The quantitative estimate of drug-likeness (QED) is 0.548. The van der Waals surface area contributed by atoms with Gasteiger partial charge in [0.15, 0.2) is 0 Å². The van der Waals surface area contributed by atoms with Crippen molar-refractivity contribution in [3.8, 4) is 0 Å². The molecule has 0 atom stereocenters. The fourth-order valence-corrected chi connectivity index (χ4v) is 9.32. The summed E-state index contributed by atoms with van der Waals surface area (Å²) < 4.78 is 0. The van der Waals surface area contributed by atoms with Gasteiger partial charge in [-0.2, -0.15) is 0 Å². The number of nitroso groups, excluding NO2 is 1. The van der Waals surface area contributed by atoms with E-state index >= 15 is 0 Å². The van der Waals surface area contributed by atoms with Crippen LogP contribution in [-0.4, -0.2) is 16.1 Å². The summed E-state index contributed by atoms with van der Waals surface area (Å²) in [4.78, 5) is 12.2. The van der Waals surface area contributed by atoms with Gasteiger partial charge in [-0.1, -0.05) is 0 Å². The Labute approximate surface area is 139 Å². The monoisotopic (exact) mass is 314 g/mol. The number of nitrogens with zero attached hydrogens (tertiary/aromatic N) is 2. The van der Waals surface area contributed by atoms with Crippen molar-refractivity contribution in [2.45, 2.75) is 88.1 Å². The maximum atomic E-state index is 12.2. The van der Waals surface area contributed by atoms with Crippen molar-refractivity contribution in [3.63, 3.8) is 0 Å². The normalized spacial score (nSPS) is 58.6. The molecule has 3 nitrogen and oxygen atoms in total. The molecule has 0 heterocycles. The highest BCUT2D eigenvalue weighted by atomic mass is 16.3. The van der Waals surface area contributed by atoms with Crippen molar-refractivity contribution < 1.29 is 0 Å². The van der Waals surface area contributed by atoms with Crippen LogP contribution in [0.15, 0.2) is 5.29 Å². The van der Waals surface area contributed by atoms with E-state index in [0.29, 0.717) is 0 Å². The smallest absolute Gasteiger partial charge is 0.0625 e. The third-order valence-electron chi connectivity index (χ3n) is 8.99. The lowest BCUT2D eigenvalue weighted by atomic mass is 9.49. The molecule has 0 aromatic rings. The lowest BCUT2D eigenvalue weighted by Crippen LogP contribution is -2.68. The van der Waals surface area contributed by atoms with E-state index in [2.05, 4.69) is 10.3 Å². The van der Waals surface area contributed by atoms with Crippen LogP contribution in [0.3, 0.4) is 0 Å². The van der Waals surface area contributed by atoms with Gasteiger partial charge in [0.2, 0.25) is 0 Å². The molecule has 0 aromatic carbocycles. The second-order valence-electron chi connectivity index (χ2n) is 10.7. The molecule has 0 unspecified atom stereocenters. The highest BCUT2D eigenvalue weighted by Gasteiger charge is 2.62. The van der Waals surface area contributed by atoms with Crippen molar-refractivity contribution in [1.29, 1.82) is 0 Å². The standard InChI is InChI=1S/C20H30N2O/c23-21-22(19-7-13-1-14(8-19)3-15(2-13)9-19)20-10-16-4-17(11-20)6-18(5-16)12-20/h13-18H,1-12H2. The third kappa shape index (κ3) is 1.77. The van der Waals surface area contributed by atoms with E-state index in [1.54, 1.807) is 0 Å². The maximum absolute atomic E-state index is 12.2. The molecule has 8 bridgehead atoms. The highest BCUT2D eigenvalue weighted by molar-refractivity contribution is 5.14. The van der Waals surface area contributed by atoms with Crippen LogP contribution in [0.1, 0.15) is 77.0 Å². The van der Waals surface area contributed by atoms with Gasteiger partial charge in [0.25, 0.3) is 0 Å². The summed E-state index contributed by atoms with van der Waals surface area (Å²) in [6.07, 6.45) is 16.4. The summed E-state index contributed by atoms with van der Waals surface area (Å²) in [5.74, 6) is 5.41. The predicted molar refractivity (Wildman–Crippen MR) is 89.4 cm³/mol. The average Bonchev–Trinajstić information content (AvgIpc) is 2.43. The molecule has 23 heavy (non-hydrogen) atoms. The number of hydrogen-bond acceptors (Lipinski definition) is 2. The topological polar surface area (TPSA) is 32.7 Å². The van der Waals surface area contributed by atoms with Crippen molar-refractivity contribution in [3.05, 3.63) is 4.91 Å². The zero-order valence-corrected chi connectivity index (χ0v) is 14.3. The van der Waals surface area contributed by atoms with Gasteiger partial charge in [0.05, 0.1) is 16.4 Å². The van der Waals surface area contributed by atoms with Crippen molar-refractivity contribution in [1.82, 2.24) is 5.01 Å². The SMILES string of the molecule is O=NN(C12CC3CC(CC(C3)C1)C2)C12CC3CC(CC(C3)C1)C2. The van der Waals surface area contributed by atoms with Crippen LogP contribution in [0.25, 0.3) is 0 Å². The Morgan fingerprint density at radius 2 is 0.826 bits per heavy atom. The number of rotatable bonds is 3. The minimum Gasteiger partial charge on any atom is -0.249 e. The summed E-state index contributed by atoms with van der Waals surface area (Å²) in [7, 11) is 0. The van der Waals surface area contributed by atoms with Crippen LogP contribution in [-0.2, 0) is 0 Å². The number of hydrogen-bond donors (Lipinski definition) is 0. The van der Waals surface area contributed by atoms with Crippen LogP contribution in [0, 0.1) is 40.4 Å². The first kappa shape index (κ1) is 13.7. The third-order valence-corrected chi connectivity index (χ3v) is 8.99. The molecule has 8 fully saturated rings. The molecular weight excluding hydrogens is 284 g/mol. The highest BCUT2D eigenvalue weighted by Crippen LogP contribution is 2.64. The van der Waals surface area contributed by atoms with Gasteiger partial charge in [-0.15, -0.1) is 4.91 Å². The van der Waals surface area contributed by atoms with E-state index < -0.39 is 0 Å². The Morgan fingerprint density at radius 3 is 1.04 bits per heavy atom. The minimum atomic E-state index is 0.169. The molecule has 126 valence electrons. The van der Waals surface area contributed by atoms with Crippen LogP contribution < -0.4 is 0 Å². The van der Waals surface area contributed by atoms with Gasteiger partial charge in [-0.05, 0) is 113 Å². The van der Waals surface area contributed by atoms with Gasteiger partial charge in [-0.25, -0.2) is 5.01 Å². The van der Waals surface area contributed by atoms with Gasteiger partial charge < -0.3 is 0 Å². The van der Waals surface area contributed by atoms with E-state index in [1.165, 1.54) is 77.0 Å². The van der Waals surface area contributed by atoms with E-state index in [1.807, 2.05) is 0 Å². The maximum Gasteiger partial charge on any atom is 0.0625 e. The van der Waals surface area contributed by atoms with Crippen molar-refractivity contribution in [2.24, 2.45) is 40.8 Å². The second-order valence-corrected chi connectivity index (χ2v) is 10.7. The minimum absolute atomic E-state index is 0.169. The van der Waals surface area contributed by atoms with E-state index in [4.69, 9.17) is 0 Å². The fraction of sp³-hybridized carbons (Fsp3) is 1.00. The predicted octanol–water partition coefficient (Wildman–Crippen LogP) is 4.91. The van der Waals surface area contributed by atoms with E-state index in [0.717, 1.165) is 35.5 Å². The molecule has 0 spiro atoms. The molecule has 0 saturated heterocycles. The van der Waals surface area contributed by atoms with Crippen LogP contribution in [0.5, 0.6) is 0 Å². The first-order valence-electron chi connectivity index (χ1n) is 10.3. The molecule has 0 N–H and O–H groups in total. The molecule has 0 aliphatic heterocycles. The molecule has 8 saturated carbocycles. The Kier molecular flexibility index (Phi) is 2.57. The van der Waals surface area contributed by atoms with E-state index in [-0.39, 0.29) is 11.1 Å². The first-order valence-corrected chi connectivity index (χ1v) is 10.3. The van der Waals surface area contributed by atoms with Crippen LogP contribution in [0.4, 0.5) is 0 Å². The summed E-state index contributed by atoms with van der Waals surface area (Å²) in [6, 6.07) is 0. The molecular formula is C20H30N2O. The van der Waals surface area contributed by atoms with Gasteiger partial charge in [-0.3, -0.25) is 0 Å². The lowest BCUT2D eigenvalue weighted by Gasteiger charge is -2.66. The second kappa shape index (κ2) is 4.32. The molecule has 0 radical (unpaired) electrons. The Balaban J connectivity index is 1.39. The van der Waals surface area contributed by atoms with Gasteiger partial charge in [0.1, 0.15) is 0 Å². The van der Waals surface area contributed by atoms with Gasteiger partial charge in [0, 0.05) is 0 Å². The summed E-state index contributed by atoms with van der Waals surface area (Å²) >= 11 is 0. The molecule has 8 rings (SSSR count). The lowest BCUT2D eigenvalue weighted by molar-refractivity contribution is -0.179. The summed E-state index contributed by atoms with van der Waals surface area (Å²) in [6.45, 7) is 0. The molecule has 0 aromatic heterocycles. The fourth-order valence-electron chi connectivity index (χ4n) is 9.32. The van der Waals surface area contributed by atoms with Crippen molar-refractivity contribution in [2.75, 3.05) is 0 Å². The molecule has 8 aliphatic rings. The first-order chi connectivity index (χ1) is 11.2. The Bertz CT molecular complexity index is 427. The Hall–Kier alpha value is -0.600. The van der Waals surface area contributed by atoms with Crippen molar-refractivity contribution >= 4 is 0 Å². The van der Waals surface area contributed by atoms with Crippen LogP contribution in [0.2, 0.25) is 0 Å². The zero-order valence-electron chi connectivity index (χ0n) is 14.3. The van der Waals surface area contributed by atoms with E-state index in [9.17, 15) is 4.91 Å². The molecule has 3 heteroatoms. The molecule has 0 amide bonds.